The number of hydrogen-bond acceptors (Lipinski definition) is 8. The van der Waals surface area contributed by atoms with Crippen LogP contribution in [0.3, 0.4) is 0 Å². The number of para-hydroxylation sites is 2. The van der Waals surface area contributed by atoms with Gasteiger partial charge in [0, 0.05) is 39.3 Å². The molecule has 0 saturated carbocycles. The van der Waals surface area contributed by atoms with Crippen LogP contribution in [0.4, 0.5) is 5.69 Å². The Labute approximate surface area is 337 Å². The van der Waals surface area contributed by atoms with E-state index in [0.717, 1.165) is 64.7 Å². The summed E-state index contributed by atoms with van der Waals surface area (Å²) in [5, 5.41) is 5.45. The lowest BCUT2D eigenvalue weighted by molar-refractivity contribution is -0.135. The molecule has 1 saturated heterocycles. The normalized spacial score (nSPS) is 18.8. The van der Waals surface area contributed by atoms with Crippen molar-refractivity contribution in [2.45, 2.75) is 108 Å². The van der Waals surface area contributed by atoms with Gasteiger partial charge in [-0.1, -0.05) is 54.6 Å². The van der Waals surface area contributed by atoms with Crippen molar-refractivity contribution in [2.75, 3.05) is 18.1 Å². The van der Waals surface area contributed by atoms with Crippen molar-refractivity contribution < 1.29 is 33.4 Å². The molecule has 4 atom stereocenters. The average Bonchev–Trinajstić information content (AvgIpc) is 3.66. The topological polar surface area (TPSA) is 184 Å². The van der Waals surface area contributed by atoms with Gasteiger partial charge in [-0.15, -0.1) is 0 Å². The number of aryl methyl sites for hydroxylation is 3. The van der Waals surface area contributed by atoms with Gasteiger partial charge < -0.3 is 20.5 Å². The van der Waals surface area contributed by atoms with Crippen LogP contribution < -0.4 is 27.0 Å². The molecule has 0 bridgehead atoms. The Bertz CT molecular complexity index is 2260. The van der Waals surface area contributed by atoms with Gasteiger partial charge in [0.25, 0.3) is 0 Å². The smallest absolute Gasteiger partial charge is 0.329 e. The summed E-state index contributed by atoms with van der Waals surface area (Å²) in [7, 11) is 1.71. The largest absolute Gasteiger partial charge is 0.381 e. The molecule has 3 aliphatic heterocycles. The Hall–Kier alpha value is -5.60. The number of rotatable bonds is 17. The zero-order valence-electron chi connectivity index (χ0n) is 33.2. The molecule has 3 aliphatic rings. The van der Waals surface area contributed by atoms with E-state index in [1.165, 1.54) is 4.57 Å². The van der Waals surface area contributed by atoms with Crippen molar-refractivity contribution in [1.29, 1.82) is 0 Å². The zero-order valence-corrected chi connectivity index (χ0v) is 33.2. The summed E-state index contributed by atoms with van der Waals surface area (Å²) in [6.07, 6.45) is 5.02. The van der Waals surface area contributed by atoms with Gasteiger partial charge in [-0.25, -0.2) is 4.79 Å². The number of hydrogen-bond donors (Lipinski definition) is 3. The first-order valence-electron chi connectivity index (χ1n) is 20.3. The third kappa shape index (κ3) is 8.77. The fraction of sp³-hybridized carbons (Fsp3) is 0.455. The highest BCUT2D eigenvalue weighted by molar-refractivity contribution is 6.05. The van der Waals surface area contributed by atoms with Crippen molar-refractivity contribution in [1.82, 2.24) is 19.8 Å². The van der Waals surface area contributed by atoms with Crippen LogP contribution in [-0.2, 0) is 72.8 Å². The number of piperidine rings is 1. The van der Waals surface area contributed by atoms with E-state index < -0.39 is 36.0 Å². The predicted octanol–water partition coefficient (Wildman–Crippen LogP) is 3.46. The van der Waals surface area contributed by atoms with Crippen molar-refractivity contribution >= 4 is 46.3 Å². The Morgan fingerprint density at radius 3 is 2.47 bits per heavy atom. The third-order valence-corrected chi connectivity index (χ3v) is 11.7. The zero-order chi connectivity index (χ0) is 40.9. The van der Waals surface area contributed by atoms with E-state index in [1.807, 2.05) is 67.6 Å². The number of imide groups is 1. The van der Waals surface area contributed by atoms with Crippen molar-refractivity contribution in [3.8, 4) is 0 Å². The summed E-state index contributed by atoms with van der Waals surface area (Å²) >= 11 is 0. The molecule has 4 N–H and O–H groups in total. The summed E-state index contributed by atoms with van der Waals surface area (Å²) < 4.78 is 15.3. The van der Waals surface area contributed by atoms with Gasteiger partial charge in [0.15, 0.2) is 0 Å². The number of ether oxygens (including phenoxy) is 2. The molecule has 14 heteroatoms. The molecule has 1 fully saturated rings. The average molecular weight is 793 g/mol. The molecule has 3 aromatic carbocycles. The molecule has 1 unspecified atom stereocenters. The number of benzene rings is 3. The summed E-state index contributed by atoms with van der Waals surface area (Å²) in [4.78, 5) is 77.8. The highest BCUT2D eigenvalue weighted by Crippen LogP contribution is 2.39. The number of nitrogens with two attached hydrogens (primary N) is 1. The fourth-order valence-corrected chi connectivity index (χ4v) is 8.59. The number of primary amides is 1. The lowest BCUT2D eigenvalue weighted by atomic mass is 10.0. The van der Waals surface area contributed by atoms with E-state index >= 15 is 0 Å². The molecular weight excluding hydrogens is 741 g/mol. The summed E-state index contributed by atoms with van der Waals surface area (Å²) in [6, 6.07) is 17.9. The number of fused-ring (bicyclic) bond motifs is 1. The van der Waals surface area contributed by atoms with Gasteiger partial charge in [-0.05, 0) is 85.8 Å². The maximum Gasteiger partial charge on any atom is 0.329 e. The first kappa shape index (κ1) is 40.6. The minimum atomic E-state index is -0.719. The molecule has 4 aromatic rings. The third-order valence-electron chi connectivity index (χ3n) is 11.7. The number of anilines is 1. The molecule has 14 nitrogen and oxygen atoms in total. The quantitative estimate of drug-likeness (QED) is 0.107. The van der Waals surface area contributed by atoms with Gasteiger partial charge in [0.2, 0.25) is 29.5 Å². The van der Waals surface area contributed by atoms with Crippen molar-refractivity contribution in [3.05, 3.63) is 99.0 Å². The SMILES string of the molecule is C[C@@H](OCc1ccc(CCOCCCc2cccc3c2n(C)c(=O)n3C2CCC(=O)NC2=O)cc1)[C@H](CCC(N)=O)NC(=O)[C@@H]1Cc2cccc3c2N1C(=O)CCC3. The minimum Gasteiger partial charge on any atom is -0.381 e. The number of nitrogens with one attached hydrogen (secondary N) is 2. The van der Waals surface area contributed by atoms with Crippen LogP contribution in [0.2, 0.25) is 0 Å². The molecule has 7 rings (SSSR count). The maximum atomic E-state index is 13.8. The van der Waals surface area contributed by atoms with Crippen LogP contribution in [0.5, 0.6) is 0 Å². The van der Waals surface area contributed by atoms with Gasteiger partial charge in [0.05, 0.1) is 42.1 Å². The molecule has 0 radical (unpaired) electrons. The first-order chi connectivity index (χ1) is 28.0. The van der Waals surface area contributed by atoms with Crippen molar-refractivity contribution in [3.63, 3.8) is 0 Å². The minimum absolute atomic E-state index is 0.0432. The molecule has 0 aliphatic carbocycles. The van der Waals surface area contributed by atoms with Crippen molar-refractivity contribution in [2.24, 2.45) is 12.8 Å². The number of amides is 5. The molecule has 4 heterocycles. The predicted molar refractivity (Wildman–Crippen MR) is 217 cm³/mol. The maximum absolute atomic E-state index is 13.8. The van der Waals surface area contributed by atoms with Crippen LogP contribution in [0, 0.1) is 0 Å². The van der Waals surface area contributed by atoms with Crippen LogP contribution in [-0.4, -0.2) is 70.1 Å². The van der Waals surface area contributed by atoms with E-state index in [-0.39, 0.29) is 36.3 Å². The first-order valence-corrected chi connectivity index (χ1v) is 20.3. The molecular formula is C44H52N6O8. The van der Waals surface area contributed by atoms with E-state index in [4.69, 9.17) is 15.2 Å². The second kappa shape index (κ2) is 17.9. The highest BCUT2D eigenvalue weighted by Gasteiger charge is 2.41. The second-order valence-electron chi connectivity index (χ2n) is 15.6. The lowest BCUT2D eigenvalue weighted by Gasteiger charge is -2.29. The van der Waals surface area contributed by atoms with Crippen LogP contribution in [0.1, 0.15) is 85.7 Å². The summed E-state index contributed by atoms with van der Waals surface area (Å²) in [5.74, 6) is -1.54. The number of aromatic nitrogens is 2. The van der Waals surface area contributed by atoms with Gasteiger partial charge in [0.1, 0.15) is 12.1 Å². The Morgan fingerprint density at radius 1 is 0.931 bits per heavy atom. The standard InChI is InChI=1S/C44H52N6O8/c1-27(33(18-20-37(45)51)46-43(55)36-25-32-10-3-7-30-9-5-13-39(53)50(36)40(30)32)58-26-29-16-14-28(15-17-29)22-24-57-23-6-11-31-8-4-12-34-41(31)48(2)44(56)49(34)35-19-21-38(52)47-42(35)54/h3-4,7-8,10,12,14-17,27,33,35-36H,5-6,9,11,13,18-26H2,1-2H3,(H2,45,51)(H,46,55)(H,47,52,54)/t27-,33+,35?,36+/m1/s1. The van der Waals surface area contributed by atoms with Crippen LogP contribution in [0.25, 0.3) is 11.0 Å². The van der Waals surface area contributed by atoms with E-state index in [9.17, 15) is 28.8 Å². The van der Waals surface area contributed by atoms with E-state index in [2.05, 4.69) is 10.6 Å². The van der Waals surface area contributed by atoms with Gasteiger partial charge in [-0.2, -0.15) is 0 Å². The molecule has 0 spiro atoms. The fourth-order valence-electron chi connectivity index (χ4n) is 8.59. The number of carbonyl (C=O) groups is 5. The number of nitrogens with zero attached hydrogens (tertiary/aromatic N) is 3. The second-order valence-corrected chi connectivity index (χ2v) is 15.6. The van der Waals surface area contributed by atoms with Gasteiger partial charge >= 0.3 is 5.69 Å². The Morgan fingerprint density at radius 2 is 1.69 bits per heavy atom. The molecule has 5 amide bonds. The lowest BCUT2D eigenvalue weighted by Crippen LogP contribution is -2.53. The molecule has 1 aromatic heterocycles. The Kier molecular flexibility index (Phi) is 12.5. The monoisotopic (exact) mass is 792 g/mol. The van der Waals surface area contributed by atoms with Gasteiger partial charge in [-0.3, -0.25) is 43.3 Å². The highest BCUT2D eigenvalue weighted by atomic mass is 16.5. The van der Waals surface area contributed by atoms with Crippen LogP contribution >= 0.6 is 0 Å². The summed E-state index contributed by atoms with van der Waals surface area (Å²) in [5.41, 5.74) is 12.7. The van der Waals surface area contributed by atoms with E-state index in [0.29, 0.717) is 57.4 Å². The molecule has 58 heavy (non-hydrogen) atoms. The number of carbonyl (C=O) groups excluding carboxylic acids is 5. The molecule has 306 valence electrons. The van der Waals surface area contributed by atoms with E-state index in [1.54, 1.807) is 16.5 Å². The number of imidazole rings is 1. The Balaban J connectivity index is 0.874. The van der Waals surface area contributed by atoms with Crippen LogP contribution in [0.15, 0.2) is 65.5 Å². The summed E-state index contributed by atoms with van der Waals surface area (Å²) in [6.45, 7) is 3.26.